The van der Waals surface area contributed by atoms with Gasteiger partial charge in [0.05, 0.1) is 11.0 Å². The van der Waals surface area contributed by atoms with E-state index in [1.807, 2.05) is 0 Å². The molecule has 1 rings (SSSR count). The molecule has 100 valence electrons. The third-order valence-electron chi connectivity index (χ3n) is 2.51. The first kappa shape index (κ1) is 14.8. The summed E-state index contributed by atoms with van der Waals surface area (Å²) in [5.74, 6) is -0.169. The van der Waals surface area contributed by atoms with E-state index in [1.54, 1.807) is 19.1 Å². The first-order valence-corrected chi connectivity index (χ1v) is 6.98. The molecule has 0 radical (unpaired) electrons. The molecule has 1 unspecified atom stereocenters. The standard InChI is InChI=1S/C12H17NO4S/c1-9(17-3)8-13-18(15,16)12-6-4-5-11(7-12)10(2)14/h4-7,9,13H,8H2,1-3H3. The van der Waals surface area contributed by atoms with E-state index in [1.165, 1.54) is 26.2 Å². The van der Waals surface area contributed by atoms with Gasteiger partial charge in [0.25, 0.3) is 0 Å². The number of nitrogens with one attached hydrogen (secondary N) is 1. The number of ether oxygens (including phenoxy) is 1. The molecule has 0 heterocycles. The van der Waals surface area contributed by atoms with Gasteiger partial charge >= 0.3 is 0 Å². The molecule has 0 aliphatic heterocycles. The number of carbonyl (C=O) groups is 1. The molecule has 5 nitrogen and oxygen atoms in total. The van der Waals surface area contributed by atoms with Crippen LogP contribution in [0.15, 0.2) is 29.2 Å². The zero-order valence-electron chi connectivity index (χ0n) is 10.6. The second kappa shape index (κ2) is 6.08. The molecule has 0 aliphatic rings. The molecule has 0 aromatic heterocycles. The fraction of sp³-hybridized carbons (Fsp3) is 0.417. The summed E-state index contributed by atoms with van der Waals surface area (Å²) < 4.78 is 31.3. The largest absolute Gasteiger partial charge is 0.380 e. The van der Waals surface area contributed by atoms with Crippen molar-refractivity contribution in [1.82, 2.24) is 4.72 Å². The highest BCUT2D eigenvalue weighted by atomic mass is 32.2. The van der Waals surface area contributed by atoms with Crippen LogP contribution >= 0.6 is 0 Å². The van der Waals surface area contributed by atoms with E-state index in [4.69, 9.17) is 4.74 Å². The average molecular weight is 271 g/mol. The summed E-state index contributed by atoms with van der Waals surface area (Å²) in [6.07, 6.45) is -0.212. The second-order valence-electron chi connectivity index (χ2n) is 3.98. The molecular formula is C12H17NO4S. The minimum atomic E-state index is -3.60. The summed E-state index contributed by atoms with van der Waals surface area (Å²) in [5, 5.41) is 0. The van der Waals surface area contributed by atoms with Crippen molar-refractivity contribution in [1.29, 1.82) is 0 Å². The highest BCUT2D eigenvalue weighted by molar-refractivity contribution is 7.89. The van der Waals surface area contributed by atoms with Gasteiger partial charge in [-0.25, -0.2) is 13.1 Å². The number of hydrogen-bond donors (Lipinski definition) is 1. The molecule has 1 aromatic rings. The zero-order chi connectivity index (χ0) is 13.8. The third-order valence-corrected chi connectivity index (χ3v) is 3.94. The molecule has 1 N–H and O–H groups in total. The molecule has 0 bridgehead atoms. The van der Waals surface area contributed by atoms with Crippen LogP contribution in [0.2, 0.25) is 0 Å². The topological polar surface area (TPSA) is 72.5 Å². The Morgan fingerprint density at radius 3 is 2.67 bits per heavy atom. The van der Waals surface area contributed by atoms with E-state index < -0.39 is 10.0 Å². The van der Waals surface area contributed by atoms with Crippen LogP contribution in [-0.2, 0) is 14.8 Å². The monoisotopic (exact) mass is 271 g/mol. The molecule has 0 amide bonds. The van der Waals surface area contributed by atoms with Crippen molar-refractivity contribution in [3.63, 3.8) is 0 Å². The molecule has 0 spiro atoms. The van der Waals surface area contributed by atoms with Crippen LogP contribution in [-0.4, -0.2) is 34.0 Å². The number of rotatable bonds is 6. The SMILES string of the molecule is COC(C)CNS(=O)(=O)c1cccc(C(C)=O)c1. The van der Waals surface area contributed by atoms with Crippen molar-refractivity contribution in [3.05, 3.63) is 29.8 Å². The van der Waals surface area contributed by atoms with Crippen molar-refractivity contribution in [3.8, 4) is 0 Å². The first-order valence-electron chi connectivity index (χ1n) is 5.50. The zero-order valence-corrected chi connectivity index (χ0v) is 11.5. The molecule has 6 heteroatoms. The van der Waals surface area contributed by atoms with E-state index in [0.29, 0.717) is 5.56 Å². The molecule has 0 aliphatic carbocycles. The van der Waals surface area contributed by atoms with Crippen molar-refractivity contribution >= 4 is 15.8 Å². The fourth-order valence-electron chi connectivity index (χ4n) is 1.28. The minimum absolute atomic E-state index is 0.0819. The highest BCUT2D eigenvalue weighted by Crippen LogP contribution is 2.12. The van der Waals surface area contributed by atoms with E-state index in [0.717, 1.165) is 0 Å². The Kier molecular flexibility index (Phi) is 5.01. The predicted octanol–water partition coefficient (Wildman–Crippen LogP) is 1.20. The van der Waals surface area contributed by atoms with Gasteiger partial charge in [-0.3, -0.25) is 4.79 Å². The molecule has 1 aromatic carbocycles. The number of ketones is 1. The van der Waals surface area contributed by atoms with Crippen LogP contribution in [0.3, 0.4) is 0 Å². The average Bonchev–Trinajstić information content (AvgIpc) is 2.36. The van der Waals surface area contributed by atoms with Crippen molar-refractivity contribution in [2.45, 2.75) is 24.8 Å². The number of Topliss-reactive ketones (excluding diaryl/α,β-unsaturated/α-hetero) is 1. The van der Waals surface area contributed by atoms with Gasteiger partial charge < -0.3 is 4.74 Å². The molecule has 0 saturated heterocycles. The highest BCUT2D eigenvalue weighted by Gasteiger charge is 2.16. The predicted molar refractivity (Wildman–Crippen MR) is 68.1 cm³/mol. The maximum Gasteiger partial charge on any atom is 0.240 e. The van der Waals surface area contributed by atoms with Gasteiger partial charge in [0.2, 0.25) is 10.0 Å². The van der Waals surface area contributed by atoms with Crippen LogP contribution in [0.1, 0.15) is 24.2 Å². The Morgan fingerprint density at radius 2 is 2.11 bits per heavy atom. The summed E-state index contributed by atoms with van der Waals surface area (Å²) in [7, 11) is -2.09. The van der Waals surface area contributed by atoms with Crippen LogP contribution in [0.25, 0.3) is 0 Å². The van der Waals surface area contributed by atoms with Gasteiger partial charge in [0.1, 0.15) is 0 Å². The number of methoxy groups -OCH3 is 1. The minimum Gasteiger partial charge on any atom is -0.380 e. The quantitative estimate of drug-likeness (QED) is 0.789. The summed E-state index contributed by atoms with van der Waals surface area (Å²) >= 11 is 0. The lowest BCUT2D eigenvalue weighted by Crippen LogP contribution is -2.31. The van der Waals surface area contributed by atoms with Crippen LogP contribution < -0.4 is 4.72 Å². The number of benzene rings is 1. The Bertz CT molecular complexity index is 525. The van der Waals surface area contributed by atoms with Gasteiger partial charge in [0, 0.05) is 19.2 Å². The maximum atomic E-state index is 11.9. The van der Waals surface area contributed by atoms with Gasteiger partial charge in [-0.15, -0.1) is 0 Å². The molecule has 1 atom stereocenters. The maximum absolute atomic E-state index is 11.9. The fourth-order valence-corrected chi connectivity index (χ4v) is 2.44. The Balaban J connectivity index is 2.91. The lowest BCUT2D eigenvalue weighted by atomic mass is 10.2. The number of hydrogen-bond acceptors (Lipinski definition) is 4. The van der Waals surface area contributed by atoms with E-state index in [2.05, 4.69) is 4.72 Å². The summed E-state index contributed by atoms with van der Waals surface area (Å²) in [4.78, 5) is 11.3. The van der Waals surface area contributed by atoms with Gasteiger partial charge in [-0.05, 0) is 26.0 Å². The third kappa shape index (κ3) is 3.90. The normalized spacial score (nSPS) is 13.3. The Hall–Kier alpha value is -1.24. The molecular weight excluding hydrogens is 254 g/mol. The van der Waals surface area contributed by atoms with Crippen LogP contribution in [0.4, 0.5) is 0 Å². The summed E-state index contributed by atoms with van der Waals surface area (Å²) in [5.41, 5.74) is 0.373. The summed E-state index contributed by atoms with van der Waals surface area (Å²) in [6, 6.07) is 5.94. The lowest BCUT2D eigenvalue weighted by Gasteiger charge is -2.11. The number of sulfonamides is 1. The van der Waals surface area contributed by atoms with Gasteiger partial charge in [-0.1, -0.05) is 12.1 Å². The Labute approximate surface area is 107 Å². The molecule has 0 saturated carbocycles. The van der Waals surface area contributed by atoms with E-state index in [-0.39, 0.29) is 23.3 Å². The molecule has 18 heavy (non-hydrogen) atoms. The van der Waals surface area contributed by atoms with Crippen molar-refractivity contribution in [2.75, 3.05) is 13.7 Å². The first-order chi connectivity index (χ1) is 8.36. The van der Waals surface area contributed by atoms with Gasteiger partial charge in [0.15, 0.2) is 5.78 Å². The lowest BCUT2D eigenvalue weighted by molar-refractivity contribution is 0.101. The van der Waals surface area contributed by atoms with E-state index >= 15 is 0 Å². The van der Waals surface area contributed by atoms with E-state index in [9.17, 15) is 13.2 Å². The number of carbonyl (C=O) groups excluding carboxylic acids is 1. The van der Waals surface area contributed by atoms with Crippen LogP contribution in [0, 0.1) is 0 Å². The second-order valence-corrected chi connectivity index (χ2v) is 5.75. The van der Waals surface area contributed by atoms with Crippen LogP contribution in [0.5, 0.6) is 0 Å². The Morgan fingerprint density at radius 1 is 1.44 bits per heavy atom. The molecule has 0 fully saturated rings. The van der Waals surface area contributed by atoms with Crippen molar-refractivity contribution < 1.29 is 17.9 Å². The summed E-state index contributed by atoms with van der Waals surface area (Å²) in [6.45, 7) is 3.34. The van der Waals surface area contributed by atoms with Gasteiger partial charge in [-0.2, -0.15) is 0 Å². The van der Waals surface area contributed by atoms with Crippen molar-refractivity contribution in [2.24, 2.45) is 0 Å². The smallest absolute Gasteiger partial charge is 0.240 e.